The van der Waals surface area contributed by atoms with Gasteiger partial charge in [0.2, 0.25) is 0 Å². The van der Waals surface area contributed by atoms with Crippen LogP contribution in [0, 0.1) is 6.92 Å². The van der Waals surface area contributed by atoms with Crippen molar-refractivity contribution < 1.29 is 15.0 Å². The third kappa shape index (κ3) is 0.857. The number of carboxylic acid groups (broad SMARTS) is 1. The Hall–Kier alpha value is -1.46. The molecule has 48 valence electrons. The SMILES string of the molecule is Cc1[nH+]nnn1C(=O)O. The minimum Gasteiger partial charge on any atom is -0.450 e. The number of nitrogens with one attached hydrogen (secondary N) is 1. The monoisotopic (exact) mass is 129 g/mol. The number of hydrogen-bond donors (Lipinski definition) is 1. The Bertz CT molecular complexity index is 229. The zero-order valence-corrected chi connectivity index (χ0v) is 4.70. The van der Waals surface area contributed by atoms with Gasteiger partial charge in [0.15, 0.2) is 5.21 Å². The van der Waals surface area contributed by atoms with E-state index >= 15 is 0 Å². The van der Waals surface area contributed by atoms with Crippen molar-refractivity contribution in [2.75, 3.05) is 0 Å². The molecule has 0 radical (unpaired) electrons. The predicted octanol–water partition coefficient (Wildman–Crippen LogP) is -1.07. The molecule has 1 aromatic rings. The summed E-state index contributed by atoms with van der Waals surface area (Å²) in [6.45, 7) is 1.56. The van der Waals surface area contributed by atoms with Crippen LogP contribution in [0.5, 0.6) is 0 Å². The molecule has 9 heavy (non-hydrogen) atoms. The Balaban J connectivity index is 3.08. The van der Waals surface area contributed by atoms with Crippen molar-refractivity contribution >= 4 is 6.09 Å². The van der Waals surface area contributed by atoms with Gasteiger partial charge in [0.05, 0.1) is 0 Å². The highest BCUT2D eigenvalue weighted by Gasteiger charge is 2.15. The Morgan fingerprint density at radius 1 is 1.89 bits per heavy atom. The van der Waals surface area contributed by atoms with Gasteiger partial charge in [0.25, 0.3) is 5.82 Å². The second-order valence-corrected chi connectivity index (χ2v) is 1.48. The van der Waals surface area contributed by atoms with E-state index in [1.807, 2.05) is 0 Å². The van der Waals surface area contributed by atoms with E-state index in [-0.39, 0.29) is 0 Å². The average Bonchev–Trinajstić information content (AvgIpc) is 2.13. The van der Waals surface area contributed by atoms with Crippen molar-refractivity contribution in [2.24, 2.45) is 0 Å². The van der Waals surface area contributed by atoms with Crippen LogP contribution in [0.1, 0.15) is 5.82 Å². The molecule has 0 aliphatic carbocycles. The molecule has 6 heteroatoms. The van der Waals surface area contributed by atoms with Crippen LogP contribution in [-0.2, 0) is 0 Å². The second-order valence-electron chi connectivity index (χ2n) is 1.48. The highest BCUT2D eigenvalue weighted by molar-refractivity contribution is 5.66. The molecule has 0 unspecified atom stereocenters. The normalized spacial score (nSPS) is 9.44. The maximum Gasteiger partial charge on any atom is 0.512 e. The molecule has 0 atom stereocenters. The van der Waals surface area contributed by atoms with Gasteiger partial charge in [-0.25, -0.2) is 4.79 Å². The largest absolute Gasteiger partial charge is 0.512 e. The quantitative estimate of drug-likeness (QED) is 0.452. The van der Waals surface area contributed by atoms with Crippen LogP contribution >= 0.6 is 0 Å². The molecule has 0 saturated carbocycles. The van der Waals surface area contributed by atoms with Crippen LogP contribution in [0.15, 0.2) is 0 Å². The third-order valence-corrected chi connectivity index (χ3v) is 0.845. The van der Waals surface area contributed by atoms with Gasteiger partial charge in [0.1, 0.15) is 5.21 Å². The van der Waals surface area contributed by atoms with Crippen LogP contribution < -0.4 is 5.10 Å². The standard InChI is InChI=1S/C3H4N4O2/c1-2-4-5-6-7(2)3(8)9/h1H3,(H,8,9)/p+1. The summed E-state index contributed by atoms with van der Waals surface area (Å²) in [7, 11) is 0. The van der Waals surface area contributed by atoms with Crippen molar-refractivity contribution in [1.29, 1.82) is 0 Å². The molecule has 0 bridgehead atoms. The van der Waals surface area contributed by atoms with Gasteiger partial charge < -0.3 is 5.11 Å². The summed E-state index contributed by atoms with van der Waals surface area (Å²) in [5, 5.41) is 17.1. The first-order valence-corrected chi connectivity index (χ1v) is 2.25. The number of rotatable bonds is 0. The number of tetrazole rings is 1. The van der Waals surface area contributed by atoms with Crippen molar-refractivity contribution in [3.8, 4) is 0 Å². The average molecular weight is 129 g/mol. The number of aromatic nitrogens is 4. The van der Waals surface area contributed by atoms with E-state index < -0.39 is 6.09 Å². The van der Waals surface area contributed by atoms with Crippen molar-refractivity contribution in [3.05, 3.63) is 5.82 Å². The van der Waals surface area contributed by atoms with Crippen molar-refractivity contribution in [1.82, 2.24) is 15.1 Å². The van der Waals surface area contributed by atoms with Crippen LogP contribution in [0.25, 0.3) is 0 Å². The fraction of sp³-hybridized carbons (Fsp3) is 0.333. The lowest BCUT2D eigenvalue weighted by Gasteiger charge is -1.77. The molecule has 1 aromatic heterocycles. The molecule has 0 fully saturated rings. The van der Waals surface area contributed by atoms with Gasteiger partial charge in [-0.3, -0.25) is 0 Å². The van der Waals surface area contributed by atoms with Crippen LogP contribution in [0.2, 0.25) is 0 Å². The number of carbonyl (C=O) groups is 1. The Kier molecular flexibility index (Phi) is 1.14. The lowest BCUT2D eigenvalue weighted by Crippen LogP contribution is -2.14. The van der Waals surface area contributed by atoms with Crippen LogP contribution in [-0.4, -0.2) is 26.3 Å². The molecule has 6 nitrogen and oxygen atoms in total. The summed E-state index contributed by atoms with van der Waals surface area (Å²) >= 11 is 0. The highest BCUT2D eigenvalue weighted by Crippen LogP contribution is 1.80. The van der Waals surface area contributed by atoms with Gasteiger partial charge in [-0.15, -0.1) is 0 Å². The molecule has 0 aliphatic heterocycles. The highest BCUT2D eigenvalue weighted by atomic mass is 16.4. The van der Waals surface area contributed by atoms with E-state index in [0.29, 0.717) is 5.82 Å². The zero-order chi connectivity index (χ0) is 6.85. The molecule has 0 amide bonds. The van der Waals surface area contributed by atoms with E-state index in [0.717, 1.165) is 4.68 Å². The lowest BCUT2D eigenvalue weighted by molar-refractivity contribution is -0.464. The van der Waals surface area contributed by atoms with Gasteiger partial charge in [-0.05, 0) is 0 Å². The molecule has 0 spiro atoms. The van der Waals surface area contributed by atoms with Crippen molar-refractivity contribution in [2.45, 2.75) is 6.92 Å². The maximum absolute atomic E-state index is 10.1. The zero-order valence-electron chi connectivity index (χ0n) is 4.70. The summed E-state index contributed by atoms with van der Waals surface area (Å²) < 4.78 is 0.750. The summed E-state index contributed by atoms with van der Waals surface area (Å²) in [4.78, 5) is 10.1. The smallest absolute Gasteiger partial charge is 0.450 e. The van der Waals surface area contributed by atoms with Crippen molar-refractivity contribution in [3.63, 3.8) is 0 Å². The molecule has 1 heterocycles. The molecular weight excluding hydrogens is 124 g/mol. The van der Waals surface area contributed by atoms with E-state index in [2.05, 4.69) is 15.5 Å². The summed E-state index contributed by atoms with van der Waals surface area (Å²) in [5.74, 6) is 0.391. The summed E-state index contributed by atoms with van der Waals surface area (Å²) in [6.07, 6.45) is -1.14. The molecule has 0 aromatic carbocycles. The Morgan fingerprint density at radius 3 is 2.78 bits per heavy atom. The first-order chi connectivity index (χ1) is 4.22. The summed E-state index contributed by atoms with van der Waals surface area (Å²) in [5.41, 5.74) is 0. The maximum atomic E-state index is 10.1. The Morgan fingerprint density at radius 2 is 2.56 bits per heavy atom. The minimum absolute atomic E-state index is 0.391. The lowest BCUT2D eigenvalue weighted by atomic mass is 10.7. The molecule has 1 rings (SSSR count). The molecular formula is C3H5N4O2+. The number of H-pyrrole nitrogens is 1. The third-order valence-electron chi connectivity index (χ3n) is 0.845. The van der Waals surface area contributed by atoms with E-state index in [9.17, 15) is 4.79 Å². The number of nitrogens with zero attached hydrogens (tertiary/aromatic N) is 3. The minimum atomic E-state index is -1.14. The second kappa shape index (κ2) is 1.81. The van der Waals surface area contributed by atoms with Crippen LogP contribution in [0.4, 0.5) is 4.79 Å². The topological polar surface area (TPSA) is 82.2 Å². The number of aromatic amines is 1. The van der Waals surface area contributed by atoms with E-state index in [1.165, 1.54) is 0 Å². The summed E-state index contributed by atoms with van der Waals surface area (Å²) in [6, 6.07) is 0. The Labute approximate surface area is 50.1 Å². The fourth-order valence-electron chi connectivity index (χ4n) is 0.436. The van der Waals surface area contributed by atoms with E-state index in [1.54, 1.807) is 6.92 Å². The predicted molar refractivity (Wildman–Crippen MR) is 24.7 cm³/mol. The molecule has 0 saturated heterocycles. The van der Waals surface area contributed by atoms with Gasteiger partial charge >= 0.3 is 6.09 Å². The van der Waals surface area contributed by atoms with Gasteiger partial charge in [-0.1, -0.05) is 0 Å². The molecule has 2 N–H and O–H groups in total. The number of hydrogen-bond acceptors (Lipinski definition) is 3. The van der Waals surface area contributed by atoms with E-state index in [4.69, 9.17) is 5.11 Å². The number of aryl methyl sites for hydroxylation is 1. The van der Waals surface area contributed by atoms with Crippen LogP contribution in [0.3, 0.4) is 0 Å². The fourth-order valence-corrected chi connectivity index (χ4v) is 0.436. The first kappa shape index (κ1) is 5.67. The molecule has 0 aliphatic rings. The first-order valence-electron chi connectivity index (χ1n) is 2.25. The van der Waals surface area contributed by atoms with Gasteiger partial charge in [0, 0.05) is 11.6 Å². The van der Waals surface area contributed by atoms with Gasteiger partial charge in [-0.2, -0.15) is 5.10 Å².